The minimum atomic E-state index is 0.503. The topological polar surface area (TPSA) is 31.4 Å². The molecule has 0 atom stereocenters. The maximum absolute atomic E-state index is 5.23. The third-order valence-electron chi connectivity index (χ3n) is 2.62. The molecule has 0 unspecified atom stereocenters. The van der Waals surface area contributed by atoms with Gasteiger partial charge in [0.1, 0.15) is 0 Å². The fraction of sp³-hybridized carbons (Fsp3) is 0.214. The van der Waals surface area contributed by atoms with Crippen molar-refractivity contribution in [1.29, 1.82) is 0 Å². The molecule has 0 radical (unpaired) electrons. The van der Waals surface area contributed by atoms with Crippen LogP contribution < -0.4 is 9.47 Å². The van der Waals surface area contributed by atoms with E-state index in [0.717, 1.165) is 11.1 Å². The van der Waals surface area contributed by atoms with E-state index in [1.807, 2.05) is 6.07 Å². The molecular formula is C14H15NO2. The first-order chi connectivity index (χ1) is 8.24. The number of hydrogen-bond acceptors (Lipinski definition) is 3. The standard InChI is InChI=1S/C14H15NO2/c1-10-4-6-11(7-5-10)12-8-13(16-2)14(17-3)15-9-12/h4-9H,1-3H3. The Kier molecular flexibility index (Phi) is 3.28. The fourth-order valence-electron chi connectivity index (χ4n) is 1.64. The van der Waals surface area contributed by atoms with E-state index in [2.05, 4.69) is 36.2 Å². The Morgan fingerprint density at radius 1 is 0.941 bits per heavy atom. The van der Waals surface area contributed by atoms with E-state index in [9.17, 15) is 0 Å². The number of methoxy groups -OCH3 is 2. The molecule has 0 fully saturated rings. The summed E-state index contributed by atoms with van der Waals surface area (Å²) < 4.78 is 10.3. The molecule has 0 aliphatic heterocycles. The molecular weight excluding hydrogens is 214 g/mol. The summed E-state index contributed by atoms with van der Waals surface area (Å²) in [6, 6.07) is 10.2. The van der Waals surface area contributed by atoms with Gasteiger partial charge in [0.15, 0.2) is 5.75 Å². The summed E-state index contributed by atoms with van der Waals surface area (Å²) in [7, 11) is 3.19. The van der Waals surface area contributed by atoms with Crippen molar-refractivity contribution in [2.45, 2.75) is 6.92 Å². The molecule has 0 amide bonds. The molecule has 2 aromatic rings. The van der Waals surface area contributed by atoms with Crippen LogP contribution in [0.2, 0.25) is 0 Å². The second-order valence-corrected chi connectivity index (χ2v) is 3.80. The van der Waals surface area contributed by atoms with E-state index in [-0.39, 0.29) is 0 Å². The van der Waals surface area contributed by atoms with Crippen LogP contribution in [0.25, 0.3) is 11.1 Å². The second kappa shape index (κ2) is 4.87. The van der Waals surface area contributed by atoms with E-state index in [1.165, 1.54) is 5.56 Å². The molecule has 0 aliphatic carbocycles. The van der Waals surface area contributed by atoms with E-state index < -0.39 is 0 Å². The smallest absolute Gasteiger partial charge is 0.256 e. The maximum atomic E-state index is 5.23. The van der Waals surface area contributed by atoms with Crippen LogP contribution in [-0.2, 0) is 0 Å². The Hall–Kier alpha value is -2.03. The third kappa shape index (κ3) is 2.38. The predicted molar refractivity (Wildman–Crippen MR) is 67.5 cm³/mol. The molecule has 0 saturated carbocycles. The molecule has 1 heterocycles. The summed E-state index contributed by atoms with van der Waals surface area (Å²) in [6.45, 7) is 2.07. The Morgan fingerprint density at radius 3 is 2.24 bits per heavy atom. The summed E-state index contributed by atoms with van der Waals surface area (Å²) in [4.78, 5) is 4.22. The predicted octanol–water partition coefficient (Wildman–Crippen LogP) is 3.07. The number of nitrogens with zero attached hydrogens (tertiary/aromatic N) is 1. The number of aryl methyl sites for hydroxylation is 1. The van der Waals surface area contributed by atoms with Gasteiger partial charge in [-0.25, -0.2) is 4.98 Å². The summed E-state index contributed by atoms with van der Waals surface area (Å²) in [5.41, 5.74) is 3.37. The van der Waals surface area contributed by atoms with Gasteiger partial charge in [0.2, 0.25) is 0 Å². The van der Waals surface area contributed by atoms with Crippen molar-refractivity contribution in [2.24, 2.45) is 0 Å². The van der Waals surface area contributed by atoms with Gasteiger partial charge in [-0.15, -0.1) is 0 Å². The van der Waals surface area contributed by atoms with E-state index in [0.29, 0.717) is 11.6 Å². The Balaban J connectivity index is 2.42. The first-order valence-electron chi connectivity index (χ1n) is 5.39. The summed E-state index contributed by atoms with van der Waals surface area (Å²) in [5.74, 6) is 1.15. The quantitative estimate of drug-likeness (QED) is 0.810. The normalized spacial score (nSPS) is 10.1. The zero-order valence-corrected chi connectivity index (χ0v) is 10.2. The van der Waals surface area contributed by atoms with Crippen molar-refractivity contribution in [3.8, 4) is 22.8 Å². The van der Waals surface area contributed by atoms with Crippen LogP contribution in [0.1, 0.15) is 5.56 Å². The molecule has 0 spiro atoms. The SMILES string of the molecule is COc1cc(-c2ccc(C)cc2)cnc1OC. The highest BCUT2D eigenvalue weighted by atomic mass is 16.5. The maximum Gasteiger partial charge on any atom is 0.256 e. The van der Waals surface area contributed by atoms with Crippen molar-refractivity contribution >= 4 is 0 Å². The molecule has 17 heavy (non-hydrogen) atoms. The lowest BCUT2D eigenvalue weighted by Gasteiger charge is -2.08. The highest BCUT2D eigenvalue weighted by Crippen LogP contribution is 2.29. The van der Waals surface area contributed by atoms with Gasteiger partial charge in [0.25, 0.3) is 5.88 Å². The van der Waals surface area contributed by atoms with Crippen molar-refractivity contribution < 1.29 is 9.47 Å². The Morgan fingerprint density at radius 2 is 1.65 bits per heavy atom. The van der Waals surface area contributed by atoms with Crippen LogP contribution in [0.4, 0.5) is 0 Å². The molecule has 0 N–H and O–H groups in total. The first-order valence-corrected chi connectivity index (χ1v) is 5.39. The lowest BCUT2D eigenvalue weighted by atomic mass is 10.1. The van der Waals surface area contributed by atoms with Crippen LogP contribution in [-0.4, -0.2) is 19.2 Å². The highest BCUT2D eigenvalue weighted by molar-refractivity contribution is 5.65. The summed E-state index contributed by atoms with van der Waals surface area (Å²) in [5, 5.41) is 0. The van der Waals surface area contributed by atoms with Gasteiger partial charge in [-0.05, 0) is 18.6 Å². The van der Waals surface area contributed by atoms with E-state index >= 15 is 0 Å². The number of hydrogen-bond donors (Lipinski definition) is 0. The molecule has 88 valence electrons. The lowest BCUT2D eigenvalue weighted by molar-refractivity contribution is 0.343. The van der Waals surface area contributed by atoms with Gasteiger partial charge in [-0.1, -0.05) is 29.8 Å². The molecule has 3 nitrogen and oxygen atoms in total. The number of aromatic nitrogens is 1. The molecule has 0 saturated heterocycles. The van der Waals surface area contributed by atoms with Crippen molar-refractivity contribution in [3.63, 3.8) is 0 Å². The summed E-state index contributed by atoms with van der Waals surface area (Å²) >= 11 is 0. The molecule has 0 aliphatic rings. The average molecular weight is 229 g/mol. The number of rotatable bonds is 3. The van der Waals surface area contributed by atoms with Crippen molar-refractivity contribution in [1.82, 2.24) is 4.98 Å². The third-order valence-corrected chi connectivity index (χ3v) is 2.62. The highest BCUT2D eigenvalue weighted by Gasteiger charge is 2.07. The molecule has 1 aromatic carbocycles. The summed E-state index contributed by atoms with van der Waals surface area (Å²) in [6.07, 6.45) is 1.78. The Bertz CT molecular complexity index is 506. The fourth-order valence-corrected chi connectivity index (χ4v) is 1.64. The number of benzene rings is 1. The van der Waals surface area contributed by atoms with Crippen LogP contribution in [0.3, 0.4) is 0 Å². The second-order valence-electron chi connectivity index (χ2n) is 3.80. The monoisotopic (exact) mass is 229 g/mol. The number of ether oxygens (including phenoxy) is 2. The van der Waals surface area contributed by atoms with Gasteiger partial charge < -0.3 is 9.47 Å². The van der Waals surface area contributed by atoms with Gasteiger partial charge in [0.05, 0.1) is 14.2 Å². The van der Waals surface area contributed by atoms with Crippen LogP contribution in [0, 0.1) is 6.92 Å². The van der Waals surface area contributed by atoms with Gasteiger partial charge in [-0.2, -0.15) is 0 Å². The molecule has 1 aromatic heterocycles. The van der Waals surface area contributed by atoms with Crippen molar-refractivity contribution in [3.05, 3.63) is 42.1 Å². The molecule has 3 heteroatoms. The van der Waals surface area contributed by atoms with Gasteiger partial charge in [-0.3, -0.25) is 0 Å². The molecule has 0 bridgehead atoms. The minimum Gasteiger partial charge on any atom is -0.491 e. The molecule has 2 rings (SSSR count). The van der Waals surface area contributed by atoms with Gasteiger partial charge in [0, 0.05) is 11.8 Å². The lowest BCUT2D eigenvalue weighted by Crippen LogP contribution is -1.93. The zero-order chi connectivity index (χ0) is 12.3. The largest absolute Gasteiger partial charge is 0.491 e. The van der Waals surface area contributed by atoms with E-state index in [1.54, 1.807) is 20.4 Å². The van der Waals surface area contributed by atoms with Crippen LogP contribution >= 0.6 is 0 Å². The van der Waals surface area contributed by atoms with Crippen LogP contribution in [0.5, 0.6) is 11.6 Å². The Labute approximate surface area is 101 Å². The van der Waals surface area contributed by atoms with E-state index in [4.69, 9.17) is 9.47 Å². The van der Waals surface area contributed by atoms with Gasteiger partial charge >= 0.3 is 0 Å². The zero-order valence-electron chi connectivity index (χ0n) is 10.2. The van der Waals surface area contributed by atoms with Crippen molar-refractivity contribution in [2.75, 3.05) is 14.2 Å². The first kappa shape index (κ1) is 11.5. The average Bonchev–Trinajstić information content (AvgIpc) is 2.39. The number of pyridine rings is 1. The van der Waals surface area contributed by atoms with Crippen LogP contribution in [0.15, 0.2) is 36.5 Å². The minimum absolute atomic E-state index is 0.503.